The van der Waals surface area contributed by atoms with Crippen molar-refractivity contribution >= 4 is 16.7 Å². The third-order valence-corrected chi connectivity index (χ3v) is 1.68. The van der Waals surface area contributed by atoms with E-state index in [2.05, 4.69) is 0 Å². The van der Waals surface area contributed by atoms with Gasteiger partial charge in [-0.1, -0.05) is 0 Å². The maximum absolute atomic E-state index is 13.1. The molecule has 0 fully saturated rings. The first-order valence-corrected chi connectivity index (χ1v) is 3.31. The lowest BCUT2D eigenvalue weighted by atomic mass is 10.2. The Labute approximate surface area is 66.6 Å². The normalized spacial score (nSPS) is 10.8. The van der Waals surface area contributed by atoms with Gasteiger partial charge in [-0.05, 0) is 6.07 Å². The van der Waals surface area contributed by atoms with E-state index in [1.807, 2.05) is 0 Å². The minimum Gasteiger partial charge on any atom is -0.464 e. The van der Waals surface area contributed by atoms with Gasteiger partial charge in [0.25, 0.3) is 0 Å². The summed E-state index contributed by atoms with van der Waals surface area (Å²) in [6.07, 6.45) is 1.28. The Kier molecular flexibility index (Phi) is 1.30. The number of fused-ring (bicyclic) bond motifs is 1. The van der Waals surface area contributed by atoms with Crippen LogP contribution in [0.3, 0.4) is 0 Å². The fraction of sp³-hybridized carbons (Fsp3) is 0. The number of halogens is 2. The van der Waals surface area contributed by atoms with E-state index in [9.17, 15) is 8.78 Å². The fourth-order valence-corrected chi connectivity index (χ4v) is 1.06. The monoisotopic (exact) mass is 169 g/mol. The van der Waals surface area contributed by atoms with Crippen LogP contribution < -0.4 is 5.73 Å². The SMILES string of the molecule is Nc1c(F)cc2occc2c1F. The van der Waals surface area contributed by atoms with Gasteiger partial charge in [0.1, 0.15) is 11.3 Å². The molecule has 12 heavy (non-hydrogen) atoms. The maximum Gasteiger partial charge on any atom is 0.160 e. The fourth-order valence-electron chi connectivity index (χ4n) is 1.06. The molecule has 0 spiro atoms. The zero-order valence-electron chi connectivity index (χ0n) is 5.97. The molecule has 2 nitrogen and oxygen atoms in total. The second-order valence-electron chi connectivity index (χ2n) is 2.42. The summed E-state index contributed by atoms with van der Waals surface area (Å²) in [6.45, 7) is 0. The Balaban J connectivity index is 2.94. The highest BCUT2D eigenvalue weighted by Crippen LogP contribution is 2.25. The van der Waals surface area contributed by atoms with Gasteiger partial charge in [0, 0.05) is 6.07 Å². The number of nitrogens with two attached hydrogens (primary N) is 1. The summed E-state index contributed by atoms with van der Waals surface area (Å²) in [5.41, 5.74) is 4.81. The van der Waals surface area contributed by atoms with E-state index < -0.39 is 17.3 Å². The van der Waals surface area contributed by atoms with Gasteiger partial charge in [0.15, 0.2) is 11.6 Å². The van der Waals surface area contributed by atoms with E-state index in [1.54, 1.807) is 0 Å². The van der Waals surface area contributed by atoms with Crippen molar-refractivity contribution in [2.75, 3.05) is 5.73 Å². The van der Waals surface area contributed by atoms with Gasteiger partial charge in [0.05, 0.1) is 11.6 Å². The van der Waals surface area contributed by atoms with E-state index in [-0.39, 0.29) is 11.0 Å². The molecule has 2 rings (SSSR count). The van der Waals surface area contributed by atoms with E-state index in [0.29, 0.717) is 0 Å². The van der Waals surface area contributed by atoms with Crippen LogP contribution in [-0.2, 0) is 0 Å². The third kappa shape index (κ3) is 0.777. The predicted molar refractivity (Wildman–Crippen MR) is 40.5 cm³/mol. The number of benzene rings is 1. The van der Waals surface area contributed by atoms with Crippen LogP contribution >= 0.6 is 0 Å². The van der Waals surface area contributed by atoms with Crippen LogP contribution in [-0.4, -0.2) is 0 Å². The van der Waals surface area contributed by atoms with Crippen LogP contribution in [0.5, 0.6) is 0 Å². The Morgan fingerprint density at radius 1 is 1.33 bits per heavy atom. The Bertz CT molecular complexity index is 436. The molecular formula is C8H5F2NO. The van der Waals surface area contributed by atoms with Crippen molar-refractivity contribution in [2.45, 2.75) is 0 Å². The first-order valence-electron chi connectivity index (χ1n) is 3.31. The largest absolute Gasteiger partial charge is 0.464 e. The lowest BCUT2D eigenvalue weighted by Crippen LogP contribution is -1.94. The molecule has 0 aliphatic rings. The Morgan fingerprint density at radius 2 is 2.08 bits per heavy atom. The minimum atomic E-state index is -0.796. The minimum absolute atomic E-state index is 0.166. The van der Waals surface area contributed by atoms with Gasteiger partial charge in [-0.25, -0.2) is 8.78 Å². The van der Waals surface area contributed by atoms with Crippen molar-refractivity contribution in [3.05, 3.63) is 30.0 Å². The second-order valence-corrected chi connectivity index (χ2v) is 2.42. The number of hydrogen-bond donors (Lipinski definition) is 1. The summed E-state index contributed by atoms with van der Waals surface area (Å²) in [4.78, 5) is 0. The van der Waals surface area contributed by atoms with Gasteiger partial charge in [0.2, 0.25) is 0 Å². The van der Waals surface area contributed by atoms with E-state index in [0.717, 1.165) is 6.07 Å². The molecule has 2 aromatic rings. The van der Waals surface area contributed by atoms with Crippen molar-refractivity contribution in [3.8, 4) is 0 Å². The molecule has 1 aromatic heterocycles. The van der Waals surface area contributed by atoms with Crippen LogP contribution in [0.25, 0.3) is 11.0 Å². The number of hydrogen-bond acceptors (Lipinski definition) is 2. The summed E-state index contributed by atoms with van der Waals surface area (Å²) in [5.74, 6) is -1.56. The van der Waals surface area contributed by atoms with E-state index in [4.69, 9.17) is 10.2 Å². The van der Waals surface area contributed by atoms with Crippen LogP contribution in [0.15, 0.2) is 22.8 Å². The van der Waals surface area contributed by atoms with Crippen molar-refractivity contribution in [1.29, 1.82) is 0 Å². The molecule has 0 atom stereocenters. The molecular weight excluding hydrogens is 164 g/mol. The molecule has 0 saturated carbocycles. The topological polar surface area (TPSA) is 39.2 Å². The highest BCUT2D eigenvalue weighted by Gasteiger charge is 2.11. The number of nitrogen functional groups attached to an aromatic ring is 1. The van der Waals surface area contributed by atoms with Crippen molar-refractivity contribution < 1.29 is 13.2 Å². The molecule has 0 bridgehead atoms. The maximum atomic E-state index is 13.1. The Morgan fingerprint density at radius 3 is 2.83 bits per heavy atom. The summed E-state index contributed by atoms with van der Waals surface area (Å²) >= 11 is 0. The number of rotatable bonds is 0. The number of furan rings is 1. The van der Waals surface area contributed by atoms with Gasteiger partial charge >= 0.3 is 0 Å². The first kappa shape index (κ1) is 7.09. The molecule has 0 aliphatic heterocycles. The highest BCUT2D eigenvalue weighted by molar-refractivity contribution is 5.81. The van der Waals surface area contributed by atoms with Gasteiger partial charge in [-0.2, -0.15) is 0 Å². The van der Waals surface area contributed by atoms with Crippen molar-refractivity contribution in [3.63, 3.8) is 0 Å². The van der Waals surface area contributed by atoms with Gasteiger partial charge in [-0.3, -0.25) is 0 Å². The van der Waals surface area contributed by atoms with Crippen molar-refractivity contribution in [2.24, 2.45) is 0 Å². The standard InChI is InChI=1S/C8H5F2NO/c9-5-3-6-4(1-2-12-6)7(10)8(5)11/h1-3H,11H2. The smallest absolute Gasteiger partial charge is 0.160 e. The van der Waals surface area contributed by atoms with E-state index in [1.165, 1.54) is 12.3 Å². The molecule has 0 unspecified atom stereocenters. The number of anilines is 1. The third-order valence-electron chi connectivity index (χ3n) is 1.68. The van der Waals surface area contributed by atoms with E-state index >= 15 is 0 Å². The van der Waals surface area contributed by atoms with Crippen LogP contribution in [0.4, 0.5) is 14.5 Å². The molecule has 1 heterocycles. The Hall–Kier alpha value is -1.58. The molecule has 62 valence electrons. The molecule has 4 heteroatoms. The zero-order valence-corrected chi connectivity index (χ0v) is 5.97. The summed E-state index contributed by atoms with van der Waals surface area (Å²) in [6, 6.07) is 2.47. The summed E-state index contributed by atoms with van der Waals surface area (Å²) < 4.78 is 30.6. The van der Waals surface area contributed by atoms with Crippen molar-refractivity contribution in [1.82, 2.24) is 0 Å². The molecule has 0 aliphatic carbocycles. The molecule has 0 amide bonds. The zero-order chi connectivity index (χ0) is 8.72. The molecule has 0 saturated heterocycles. The first-order chi connectivity index (χ1) is 5.70. The molecule has 2 N–H and O–H groups in total. The average molecular weight is 169 g/mol. The lowest BCUT2D eigenvalue weighted by Gasteiger charge is -1.97. The second kappa shape index (κ2) is 2.20. The van der Waals surface area contributed by atoms with Crippen LogP contribution in [0.1, 0.15) is 0 Å². The molecule has 1 aromatic carbocycles. The van der Waals surface area contributed by atoms with Crippen LogP contribution in [0, 0.1) is 11.6 Å². The lowest BCUT2D eigenvalue weighted by molar-refractivity contribution is 0.583. The quantitative estimate of drug-likeness (QED) is 0.614. The van der Waals surface area contributed by atoms with Gasteiger partial charge in [-0.15, -0.1) is 0 Å². The predicted octanol–water partition coefficient (Wildman–Crippen LogP) is 2.29. The average Bonchev–Trinajstić information content (AvgIpc) is 2.48. The van der Waals surface area contributed by atoms with Crippen LogP contribution in [0.2, 0.25) is 0 Å². The molecule has 0 radical (unpaired) electrons. The highest BCUT2D eigenvalue weighted by atomic mass is 19.1. The summed E-state index contributed by atoms with van der Waals surface area (Å²) in [7, 11) is 0. The van der Waals surface area contributed by atoms with Gasteiger partial charge < -0.3 is 10.2 Å². The summed E-state index contributed by atoms with van der Waals surface area (Å²) in [5, 5.41) is 0.203.